The number of carbonyl (C=O) groups excluding carboxylic acids is 2. The number of hydrogen-bond donors (Lipinski definition) is 2. The van der Waals surface area contributed by atoms with Crippen LogP contribution in [0.15, 0.2) is 42.7 Å². The van der Waals surface area contributed by atoms with Gasteiger partial charge in [-0.15, -0.1) is 0 Å². The number of anilines is 1. The summed E-state index contributed by atoms with van der Waals surface area (Å²) in [6.07, 6.45) is 0.518. The van der Waals surface area contributed by atoms with Crippen molar-refractivity contribution in [3.63, 3.8) is 0 Å². The molecular formula is C17H13Cl2N3O3. The molecule has 0 aliphatic carbocycles. The van der Waals surface area contributed by atoms with Crippen LogP contribution in [0.5, 0.6) is 0 Å². The third kappa shape index (κ3) is 3.75. The fourth-order valence-corrected chi connectivity index (χ4v) is 2.53. The molecule has 3 rings (SSSR count). The van der Waals surface area contributed by atoms with Crippen molar-refractivity contribution >= 4 is 51.8 Å². The molecule has 0 radical (unpaired) electrons. The average Bonchev–Trinajstić information content (AvgIpc) is 3.06. The summed E-state index contributed by atoms with van der Waals surface area (Å²) < 4.78 is 5.20. The highest BCUT2D eigenvalue weighted by molar-refractivity contribution is 6.44. The number of aromatic nitrogens is 2. The van der Waals surface area contributed by atoms with Crippen molar-refractivity contribution in [2.24, 2.45) is 0 Å². The minimum Gasteiger partial charge on any atom is -0.449 e. The zero-order chi connectivity index (χ0) is 18.0. The minimum atomic E-state index is -1.01. The lowest BCUT2D eigenvalue weighted by atomic mass is 10.2. The molecule has 0 aliphatic heterocycles. The van der Waals surface area contributed by atoms with E-state index < -0.39 is 18.0 Å². The van der Waals surface area contributed by atoms with Crippen molar-refractivity contribution in [3.05, 3.63) is 58.3 Å². The quantitative estimate of drug-likeness (QED) is 0.671. The predicted molar refractivity (Wildman–Crippen MR) is 96.1 cm³/mol. The number of hydrogen-bond acceptors (Lipinski definition) is 4. The van der Waals surface area contributed by atoms with Gasteiger partial charge in [0.25, 0.3) is 5.91 Å². The number of carbonyl (C=O) groups is 2. The van der Waals surface area contributed by atoms with Crippen LogP contribution in [0.25, 0.3) is 11.0 Å². The van der Waals surface area contributed by atoms with E-state index in [9.17, 15) is 9.59 Å². The molecule has 0 saturated heterocycles. The van der Waals surface area contributed by atoms with E-state index in [0.717, 1.165) is 5.52 Å². The number of imidazole rings is 1. The van der Waals surface area contributed by atoms with Crippen molar-refractivity contribution in [3.8, 4) is 0 Å². The highest BCUT2D eigenvalue weighted by Crippen LogP contribution is 2.29. The molecule has 1 unspecified atom stereocenters. The number of fused-ring (bicyclic) bond motifs is 1. The van der Waals surface area contributed by atoms with Crippen molar-refractivity contribution in [1.82, 2.24) is 9.97 Å². The van der Waals surface area contributed by atoms with Crippen LogP contribution >= 0.6 is 23.2 Å². The van der Waals surface area contributed by atoms with Crippen LogP contribution in [0, 0.1) is 0 Å². The van der Waals surface area contributed by atoms with E-state index in [4.69, 9.17) is 27.9 Å². The summed E-state index contributed by atoms with van der Waals surface area (Å²) in [6, 6.07) is 9.76. The normalized spacial score (nSPS) is 12.0. The summed E-state index contributed by atoms with van der Waals surface area (Å²) >= 11 is 11.9. The molecule has 8 heteroatoms. The zero-order valence-electron chi connectivity index (χ0n) is 13.0. The topological polar surface area (TPSA) is 84.1 Å². The van der Waals surface area contributed by atoms with Crippen molar-refractivity contribution < 1.29 is 14.3 Å². The maximum absolute atomic E-state index is 12.2. The molecular weight excluding hydrogens is 365 g/mol. The third-order valence-electron chi connectivity index (χ3n) is 3.52. The Morgan fingerprint density at radius 2 is 2.04 bits per heavy atom. The molecule has 1 atom stereocenters. The number of esters is 1. The van der Waals surface area contributed by atoms with Crippen LogP contribution < -0.4 is 5.32 Å². The standard InChI is InChI=1S/C17H13Cl2N3O3/c1-9(16(23)22-13-4-2-3-11(18)15(13)19)25-17(24)10-5-6-12-14(7-10)21-8-20-12/h2-9H,1H3,(H,20,21)(H,22,23). The van der Waals surface area contributed by atoms with Gasteiger partial charge in [-0.25, -0.2) is 9.78 Å². The lowest BCUT2D eigenvalue weighted by Gasteiger charge is -2.14. The molecule has 0 fully saturated rings. The Morgan fingerprint density at radius 3 is 2.84 bits per heavy atom. The first kappa shape index (κ1) is 17.3. The van der Waals surface area contributed by atoms with Crippen LogP contribution in [-0.2, 0) is 9.53 Å². The Bertz CT molecular complexity index is 955. The smallest absolute Gasteiger partial charge is 0.338 e. The highest BCUT2D eigenvalue weighted by atomic mass is 35.5. The van der Waals surface area contributed by atoms with Crippen LogP contribution in [0.3, 0.4) is 0 Å². The third-order valence-corrected chi connectivity index (χ3v) is 4.34. The number of amides is 1. The Morgan fingerprint density at radius 1 is 1.24 bits per heavy atom. The Kier molecular flexibility index (Phi) is 4.92. The fraction of sp³-hybridized carbons (Fsp3) is 0.118. The van der Waals surface area contributed by atoms with Crippen molar-refractivity contribution in [1.29, 1.82) is 0 Å². The number of ether oxygens (including phenoxy) is 1. The van der Waals surface area contributed by atoms with Gasteiger partial charge in [0, 0.05) is 0 Å². The van der Waals surface area contributed by atoms with Crippen molar-refractivity contribution in [2.75, 3.05) is 5.32 Å². The van der Waals surface area contributed by atoms with Gasteiger partial charge in [0.15, 0.2) is 6.10 Å². The first-order valence-electron chi connectivity index (χ1n) is 7.34. The Labute approximate surface area is 153 Å². The summed E-state index contributed by atoms with van der Waals surface area (Å²) in [5, 5.41) is 3.12. The molecule has 1 aromatic heterocycles. The van der Waals surface area contributed by atoms with Gasteiger partial charge in [0.1, 0.15) is 0 Å². The fourth-order valence-electron chi connectivity index (χ4n) is 2.18. The molecule has 1 heterocycles. The number of rotatable bonds is 4. The first-order valence-corrected chi connectivity index (χ1v) is 8.10. The van der Waals surface area contributed by atoms with Gasteiger partial charge in [-0.2, -0.15) is 0 Å². The van der Waals surface area contributed by atoms with Crippen LogP contribution in [0.1, 0.15) is 17.3 Å². The number of benzene rings is 2. The van der Waals surface area contributed by atoms with E-state index in [1.807, 2.05) is 0 Å². The largest absolute Gasteiger partial charge is 0.449 e. The second-order valence-electron chi connectivity index (χ2n) is 5.27. The molecule has 0 aliphatic rings. The summed E-state index contributed by atoms with van der Waals surface area (Å²) in [6.45, 7) is 1.47. The lowest BCUT2D eigenvalue weighted by Crippen LogP contribution is -2.30. The number of nitrogens with one attached hydrogen (secondary N) is 2. The summed E-state index contributed by atoms with van der Waals surface area (Å²) in [5.41, 5.74) is 2.10. The van der Waals surface area contributed by atoms with Crippen LogP contribution in [0.4, 0.5) is 5.69 Å². The predicted octanol–water partition coefficient (Wildman–Crippen LogP) is 4.05. The second-order valence-corrected chi connectivity index (χ2v) is 6.06. The average molecular weight is 378 g/mol. The number of aromatic amines is 1. The van der Waals surface area contributed by atoms with Gasteiger partial charge in [0.2, 0.25) is 0 Å². The van der Waals surface area contributed by atoms with Gasteiger partial charge in [-0.3, -0.25) is 4.79 Å². The van der Waals surface area contributed by atoms with E-state index in [2.05, 4.69) is 15.3 Å². The van der Waals surface area contributed by atoms with Crippen LogP contribution in [0.2, 0.25) is 10.0 Å². The maximum atomic E-state index is 12.2. The molecule has 6 nitrogen and oxygen atoms in total. The van der Waals surface area contributed by atoms with E-state index in [-0.39, 0.29) is 5.02 Å². The zero-order valence-corrected chi connectivity index (χ0v) is 14.6. The minimum absolute atomic E-state index is 0.223. The van der Waals surface area contributed by atoms with Gasteiger partial charge < -0.3 is 15.0 Å². The van der Waals surface area contributed by atoms with E-state index in [1.165, 1.54) is 13.3 Å². The molecule has 3 aromatic rings. The number of H-pyrrole nitrogens is 1. The highest BCUT2D eigenvalue weighted by Gasteiger charge is 2.20. The monoisotopic (exact) mass is 377 g/mol. The molecule has 2 aromatic carbocycles. The van der Waals surface area contributed by atoms with E-state index >= 15 is 0 Å². The summed E-state index contributed by atoms with van der Waals surface area (Å²) in [4.78, 5) is 31.4. The molecule has 128 valence electrons. The SMILES string of the molecule is CC(OC(=O)c1ccc2nc[nH]c2c1)C(=O)Nc1cccc(Cl)c1Cl. The molecule has 0 saturated carbocycles. The number of halogens is 2. The molecule has 25 heavy (non-hydrogen) atoms. The molecule has 2 N–H and O–H groups in total. The Balaban J connectivity index is 1.68. The van der Waals surface area contributed by atoms with Gasteiger partial charge >= 0.3 is 5.97 Å². The van der Waals surface area contributed by atoms with Gasteiger partial charge in [0.05, 0.1) is 38.7 Å². The summed E-state index contributed by atoms with van der Waals surface area (Å²) in [7, 11) is 0. The second kappa shape index (κ2) is 7.13. The van der Waals surface area contributed by atoms with Gasteiger partial charge in [-0.1, -0.05) is 29.3 Å². The number of nitrogens with zero attached hydrogens (tertiary/aromatic N) is 1. The van der Waals surface area contributed by atoms with E-state index in [0.29, 0.717) is 21.8 Å². The molecule has 0 spiro atoms. The van der Waals surface area contributed by atoms with Gasteiger partial charge in [-0.05, 0) is 37.3 Å². The lowest BCUT2D eigenvalue weighted by molar-refractivity contribution is -0.123. The maximum Gasteiger partial charge on any atom is 0.338 e. The summed E-state index contributed by atoms with van der Waals surface area (Å²) in [5.74, 6) is -1.13. The van der Waals surface area contributed by atoms with E-state index in [1.54, 1.807) is 36.4 Å². The Hall–Kier alpha value is -2.57. The van der Waals surface area contributed by atoms with Crippen LogP contribution in [-0.4, -0.2) is 27.9 Å². The molecule has 1 amide bonds. The molecule has 0 bridgehead atoms. The first-order chi connectivity index (χ1) is 12.0. The van der Waals surface area contributed by atoms with Crippen molar-refractivity contribution in [2.45, 2.75) is 13.0 Å².